The molecule has 4 fully saturated rings. The van der Waals surface area contributed by atoms with Crippen LogP contribution in [0, 0.1) is 21.4 Å². The van der Waals surface area contributed by atoms with Crippen LogP contribution in [0.2, 0.25) is 0 Å². The largest absolute Gasteiger partial charge is 0.496 e. The molecule has 7 aliphatic rings. The Morgan fingerprint density at radius 1 is 0.910 bits per heavy atom. The van der Waals surface area contributed by atoms with Crippen molar-refractivity contribution in [1.82, 2.24) is 14.8 Å². The van der Waals surface area contributed by atoms with E-state index in [0.29, 0.717) is 68.1 Å². The summed E-state index contributed by atoms with van der Waals surface area (Å²) in [6.07, 6.45) is 8.65. The van der Waals surface area contributed by atoms with Crippen molar-refractivity contribution in [1.29, 1.82) is 0 Å². The highest BCUT2D eigenvalue weighted by atomic mass is 16.8. The zero-order chi connectivity index (χ0) is 55.2. The van der Waals surface area contributed by atoms with Crippen LogP contribution in [-0.4, -0.2) is 145 Å². The SMILES string of the molecule is CC[C@]1(C[C@@H]2CN(C(=O)Oc3ccc([N+](=O)[O-])cc3)CCc3c([nH]c4ccccc34)[C@@](C(=O)OC)(c3cc4c(cc3OC)N(C)[C@H]3C(O)(C(=O)OC)[C@H](OC(C)=O)[C@]5(CC)C=CCN6CC[C@]43[C@@H]65)C2)COC2(CCCCC2)O1. The lowest BCUT2D eigenvalue weighted by atomic mass is 9.47. The quantitative estimate of drug-likeness (QED) is 0.0481. The van der Waals surface area contributed by atoms with Gasteiger partial charge in [0.2, 0.25) is 5.60 Å². The maximum Gasteiger partial charge on any atom is 0.415 e. The zero-order valence-corrected chi connectivity index (χ0v) is 45.6. The average molecular weight is 1070 g/mol. The van der Waals surface area contributed by atoms with E-state index in [1.807, 2.05) is 67.4 Å². The molecule has 2 saturated heterocycles. The van der Waals surface area contributed by atoms with Crippen molar-refractivity contribution in [2.75, 3.05) is 66.1 Å². The summed E-state index contributed by atoms with van der Waals surface area (Å²) in [5.74, 6) is -2.99. The smallest absolute Gasteiger partial charge is 0.415 e. The highest BCUT2D eigenvalue weighted by Crippen LogP contribution is 2.68. The van der Waals surface area contributed by atoms with Crippen LogP contribution in [0.5, 0.6) is 11.5 Å². The Balaban J connectivity index is 1.14. The first kappa shape index (κ1) is 53.5. The second-order valence-corrected chi connectivity index (χ2v) is 22.9. The summed E-state index contributed by atoms with van der Waals surface area (Å²) >= 11 is 0. The standard InChI is InChI=1S/C59H71N5O14/c1-8-54(35-75-56(78-54)24-13-10-14-25-56)32-37-33-58(51(66)73-6,47-41(40-16-11-12-17-44(40)60-47)22-28-63(34-37)53(68)77-39-20-18-38(19-21-39)64(70)71)43-30-42-45(31-46(43)72-5)61(4)49-57(42)26-29-62-27-15-23-55(9-2,48(57)62)50(76-36(3)65)59(49,69)52(67)74-7/h11-12,15-21,23,30-31,37,48-50,60,69H,8-10,13-14,22,24-29,32-35H2,1-7H3/t37-,48-,49+,50+,54-,55+,57+,58-,59?/m0/s1. The Labute approximate surface area is 453 Å². The molecular formula is C59H71N5O14. The normalized spacial score (nSPS) is 31.7. The fraction of sp³-hybridized carbons (Fsp3) is 0.559. The summed E-state index contributed by atoms with van der Waals surface area (Å²) in [6, 6.07) is 15.7. The molecule has 0 bridgehead atoms. The summed E-state index contributed by atoms with van der Waals surface area (Å²) in [4.78, 5) is 79.6. The summed E-state index contributed by atoms with van der Waals surface area (Å²) in [6.45, 7) is 7.06. The fourth-order valence-electron chi connectivity index (χ4n) is 16.0. The number of esters is 3. The topological polar surface area (TPSA) is 222 Å². The van der Waals surface area contributed by atoms with E-state index in [2.05, 4.69) is 16.8 Å². The molecule has 6 heterocycles. The molecule has 2 spiro atoms. The average Bonchev–Trinajstić information content (AvgIpc) is 2.24. The number of nitro groups is 1. The Morgan fingerprint density at radius 3 is 2.33 bits per heavy atom. The van der Waals surface area contributed by atoms with Gasteiger partial charge < -0.3 is 53.0 Å². The number of amides is 1. The van der Waals surface area contributed by atoms with Crippen LogP contribution in [0.4, 0.5) is 16.2 Å². The number of fused-ring (bicyclic) bond motifs is 4. The number of aromatic nitrogens is 1. The molecule has 0 radical (unpaired) electrons. The number of ether oxygens (including phenoxy) is 7. The number of methoxy groups -OCH3 is 3. The number of aromatic amines is 1. The van der Waals surface area contributed by atoms with Gasteiger partial charge in [-0.3, -0.25) is 24.6 Å². The van der Waals surface area contributed by atoms with Crippen molar-refractivity contribution < 1.29 is 62.4 Å². The maximum atomic E-state index is 16.1. The number of H-pyrrole nitrogens is 1. The van der Waals surface area contributed by atoms with Gasteiger partial charge in [-0.05, 0) is 99.2 Å². The number of aliphatic hydroxyl groups is 1. The van der Waals surface area contributed by atoms with Gasteiger partial charge in [-0.2, -0.15) is 0 Å². The molecule has 5 aliphatic heterocycles. The molecule has 1 aromatic heterocycles. The molecule has 2 N–H and O–H groups in total. The first-order valence-electron chi connectivity index (χ1n) is 27.5. The molecule has 2 saturated carbocycles. The number of carbonyl (C=O) groups excluding carboxylic acids is 4. The lowest BCUT2D eigenvalue weighted by Gasteiger charge is -2.63. The Kier molecular flexibility index (Phi) is 13.5. The monoisotopic (exact) mass is 1070 g/mol. The van der Waals surface area contributed by atoms with Gasteiger partial charge in [-0.1, -0.05) is 50.6 Å². The summed E-state index contributed by atoms with van der Waals surface area (Å²) in [5.41, 5.74) is -3.23. The van der Waals surface area contributed by atoms with E-state index < -0.39 is 86.3 Å². The highest BCUT2D eigenvalue weighted by Gasteiger charge is 2.80. The van der Waals surface area contributed by atoms with E-state index in [-0.39, 0.29) is 37.4 Å². The zero-order valence-electron chi connectivity index (χ0n) is 45.6. The van der Waals surface area contributed by atoms with Crippen molar-refractivity contribution >= 4 is 46.3 Å². The van der Waals surface area contributed by atoms with Crippen molar-refractivity contribution in [3.05, 3.63) is 105 Å². The molecule has 78 heavy (non-hydrogen) atoms. The van der Waals surface area contributed by atoms with Gasteiger partial charge in [-0.25, -0.2) is 9.59 Å². The van der Waals surface area contributed by atoms with Crippen molar-refractivity contribution in [3.63, 3.8) is 0 Å². The number of likely N-dealkylation sites (N-methyl/N-ethyl adjacent to an activating group) is 1. The molecule has 416 valence electrons. The van der Waals surface area contributed by atoms with E-state index >= 15 is 4.79 Å². The van der Waals surface area contributed by atoms with Gasteiger partial charge in [0.15, 0.2) is 11.9 Å². The second kappa shape index (κ2) is 19.7. The predicted octanol–water partition coefficient (Wildman–Crippen LogP) is 7.80. The molecule has 2 aliphatic carbocycles. The van der Waals surface area contributed by atoms with E-state index in [0.717, 1.165) is 54.1 Å². The minimum Gasteiger partial charge on any atom is -0.496 e. The summed E-state index contributed by atoms with van der Waals surface area (Å²) in [5, 5.41) is 26.0. The Bertz CT molecular complexity index is 3080. The third-order valence-electron chi connectivity index (χ3n) is 19.1. The third-order valence-corrected chi connectivity index (χ3v) is 19.1. The molecule has 9 atom stereocenters. The number of nitrogens with zero attached hydrogens (tertiary/aromatic N) is 4. The molecule has 19 nitrogen and oxygen atoms in total. The van der Waals surface area contributed by atoms with Gasteiger partial charge >= 0.3 is 24.0 Å². The number of nitrogens with one attached hydrogen (secondary N) is 1. The Morgan fingerprint density at radius 2 is 1.65 bits per heavy atom. The number of hydrogen-bond donors (Lipinski definition) is 2. The van der Waals surface area contributed by atoms with Gasteiger partial charge in [-0.15, -0.1) is 0 Å². The second-order valence-electron chi connectivity index (χ2n) is 22.9. The lowest BCUT2D eigenvalue weighted by molar-refractivity contribution is -0.384. The minimum atomic E-state index is -2.40. The van der Waals surface area contributed by atoms with Crippen LogP contribution < -0.4 is 14.4 Å². The summed E-state index contributed by atoms with van der Waals surface area (Å²) in [7, 11) is 5.99. The van der Waals surface area contributed by atoms with Gasteiger partial charge in [0.05, 0.1) is 44.5 Å². The van der Waals surface area contributed by atoms with Gasteiger partial charge in [0.1, 0.15) is 16.9 Å². The molecule has 1 unspecified atom stereocenters. The maximum absolute atomic E-state index is 16.1. The number of non-ortho nitro benzene ring substituents is 1. The third kappa shape index (κ3) is 7.86. The summed E-state index contributed by atoms with van der Waals surface area (Å²) < 4.78 is 44.4. The molecule has 1 amide bonds. The van der Waals surface area contributed by atoms with Crippen LogP contribution in [0.3, 0.4) is 0 Å². The van der Waals surface area contributed by atoms with Crippen molar-refractivity contribution in [2.45, 2.75) is 137 Å². The van der Waals surface area contributed by atoms with Gasteiger partial charge in [0.25, 0.3) is 5.69 Å². The van der Waals surface area contributed by atoms with Gasteiger partial charge in [0, 0.05) is 109 Å². The van der Waals surface area contributed by atoms with E-state index in [4.69, 9.17) is 33.2 Å². The van der Waals surface area contributed by atoms with Crippen LogP contribution in [0.15, 0.2) is 72.8 Å². The number of benzene rings is 3. The minimum absolute atomic E-state index is 0.0537. The number of nitro benzene ring substituents is 1. The number of rotatable bonds is 11. The van der Waals surface area contributed by atoms with Crippen LogP contribution >= 0.6 is 0 Å². The number of hydrogen-bond acceptors (Lipinski definition) is 16. The van der Waals surface area contributed by atoms with Crippen molar-refractivity contribution in [2.24, 2.45) is 11.3 Å². The molecule has 19 heteroatoms. The molecule has 3 aromatic carbocycles. The Hall–Kier alpha value is -6.54. The van der Waals surface area contributed by atoms with E-state index in [1.54, 1.807) is 12.0 Å². The molecule has 11 rings (SSSR count). The van der Waals surface area contributed by atoms with Crippen LogP contribution in [0.25, 0.3) is 10.9 Å². The molecule has 4 aromatic rings. The highest BCUT2D eigenvalue weighted by molar-refractivity contribution is 5.95. The van der Waals surface area contributed by atoms with E-state index in [9.17, 15) is 29.6 Å². The molecular weight excluding hydrogens is 1000 g/mol. The lowest BCUT2D eigenvalue weighted by Crippen LogP contribution is -2.81. The van der Waals surface area contributed by atoms with Crippen molar-refractivity contribution in [3.8, 4) is 11.5 Å². The number of para-hydroxylation sites is 1. The van der Waals surface area contributed by atoms with E-state index in [1.165, 1.54) is 45.4 Å². The predicted molar refractivity (Wildman–Crippen MR) is 285 cm³/mol. The number of anilines is 1. The first-order valence-corrected chi connectivity index (χ1v) is 27.5. The van der Waals surface area contributed by atoms with Crippen LogP contribution in [-0.2, 0) is 55.3 Å². The van der Waals surface area contributed by atoms with Crippen LogP contribution in [0.1, 0.15) is 107 Å². The fourth-order valence-corrected chi connectivity index (χ4v) is 16.0. The number of carbonyl (C=O) groups is 4. The first-order chi connectivity index (χ1) is 37.4.